The van der Waals surface area contributed by atoms with Crippen molar-refractivity contribution in [3.05, 3.63) is 0 Å². The standard InChI is InChI=1S/C15H27N3/c1-13-11-18(12-15(9-10-16)17(13)2)14-7-5-3-4-6-8-14/h13-15H,3-9,11-12H2,1-2H3. The largest absolute Gasteiger partial charge is 0.297 e. The maximum absolute atomic E-state index is 8.97. The van der Waals surface area contributed by atoms with Crippen LogP contribution in [0.2, 0.25) is 0 Å². The van der Waals surface area contributed by atoms with Crippen molar-refractivity contribution < 1.29 is 0 Å². The summed E-state index contributed by atoms with van der Waals surface area (Å²) < 4.78 is 0. The normalized spacial score (nSPS) is 32.9. The highest BCUT2D eigenvalue weighted by Crippen LogP contribution is 2.26. The summed E-state index contributed by atoms with van der Waals surface area (Å²) in [4.78, 5) is 5.08. The molecule has 2 fully saturated rings. The van der Waals surface area contributed by atoms with Crippen molar-refractivity contribution in [2.45, 2.75) is 70.0 Å². The van der Waals surface area contributed by atoms with Gasteiger partial charge >= 0.3 is 0 Å². The summed E-state index contributed by atoms with van der Waals surface area (Å²) in [7, 11) is 2.18. The minimum absolute atomic E-state index is 0.432. The van der Waals surface area contributed by atoms with Gasteiger partial charge in [0.25, 0.3) is 0 Å². The van der Waals surface area contributed by atoms with E-state index < -0.39 is 0 Å². The van der Waals surface area contributed by atoms with Gasteiger partial charge in [-0.25, -0.2) is 0 Å². The third-order valence-electron chi connectivity index (χ3n) is 4.88. The van der Waals surface area contributed by atoms with Crippen LogP contribution in [0.4, 0.5) is 0 Å². The zero-order valence-electron chi connectivity index (χ0n) is 11.9. The van der Waals surface area contributed by atoms with Gasteiger partial charge in [-0.15, -0.1) is 0 Å². The molecule has 1 aliphatic heterocycles. The minimum Gasteiger partial charge on any atom is -0.297 e. The summed E-state index contributed by atoms with van der Waals surface area (Å²) in [6.07, 6.45) is 9.04. The number of nitrogens with zero attached hydrogens (tertiary/aromatic N) is 3. The molecule has 0 radical (unpaired) electrons. The second-order valence-electron chi connectivity index (χ2n) is 6.13. The molecular formula is C15H27N3. The van der Waals surface area contributed by atoms with Crippen LogP contribution >= 0.6 is 0 Å². The zero-order chi connectivity index (χ0) is 13.0. The number of rotatable bonds is 2. The smallest absolute Gasteiger partial charge is 0.0638 e. The van der Waals surface area contributed by atoms with Gasteiger partial charge in [0.05, 0.1) is 12.5 Å². The molecule has 0 aromatic rings. The van der Waals surface area contributed by atoms with Crippen LogP contribution in [0.1, 0.15) is 51.9 Å². The molecule has 102 valence electrons. The molecule has 0 aromatic heterocycles. The van der Waals surface area contributed by atoms with Gasteiger partial charge in [0, 0.05) is 31.2 Å². The van der Waals surface area contributed by atoms with E-state index in [9.17, 15) is 0 Å². The van der Waals surface area contributed by atoms with Gasteiger partial charge in [-0.2, -0.15) is 5.26 Å². The molecule has 3 nitrogen and oxygen atoms in total. The molecule has 2 rings (SSSR count). The number of piperazine rings is 1. The monoisotopic (exact) mass is 249 g/mol. The first kappa shape index (κ1) is 13.8. The lowest BCUT2D eigenvalue weighted by Gasteiger charge is -2.46. The van der Waals surface area contributed by atoms with Crippen molar-refractivity contribution in [3.8, 4) is 6.07 Å². The molecular weight excluding hydrogens is 222 g/mol. The second-order valence-corrected chi connectivity index (χ2v) is 6.13. The van der Waals surface area contributed by atoms with Gasteiger partial charge in [0.1, 0.15) is 0 Å². The Morgan fingerprint density at radius 1 is 1.11 bits per heavy atom. The molecule has 18 heavy (non-hydrogen) atoms. The topological polar surface area (TPSA) is 30.3 Å². The lowest BCUT2D eigenvalue weighted by atomic mass is 10.00. The van der Waals surface area contributed by atoms with Crippen LogP contribution in [-0.2, 0) is 0 Å². The fourth-order valence-electron chi connectivity index (χ4n) is 3.54. The molecule has 1 heterocycles. The predicted octanol–water partition coefficient (Wildman–Crippen LogP) is 2.63. The van der Waals surface area contributed by atoms with E-state index in [1.807, 2.05) is 0 Å². The number of hydrogen-bond acceptors (Lipinski definition) is 3. The summed E-state index contributed by atoms with van der Waals surface area (Å²) in [5.41, 5.74) is 0. The van der Waals surface area contributed by atoms with Crippen LogP contribution in [0.15, 0.2) is 0 Å². The molecule has 0 N–H and O–H groups in total. The van der Waals surface area contributed by atoms with E-state index in [-0.39, 0.29) is 0 Å². The summed E-state index contributed by atoms with van der Waals surface area (Å²) in [6, 6.07) is 4.15. The lowest BCUT2D eigenvalue weighted by molar-refractivity contribution is 0.0241. The Morgan fingerprint density at radius 3 is 2.39 bits per heavy atom. The number of hydrogen-bond donors (Lipinski definition) is 0. The fourth-order valence-corrected chi connectivity index (χ4v) is 3.54. The maximum atomic E-state index is 8.97. The van der Waals surface area contributed by atoms with Crippen LogP contribution in [0.3, 0.4) is 0 Å². The van der Waals surface area contributed by atoms with Crippen molar-refractivity contribution in [1.29, 1.82) is 5.26 Å². The van der Waals surface area contributed by atoms with Gasteiger partial charge < -0.3 is 0 Å². The maximum Gasteiger partial charge on any atom is 0.0638 e. The van der Waals surface area contributed by atoms with Crippen LogP contribution in [-0.4, -0.2) is 48.1 Å². The van der Waals surface area contributed by atoms with Crippen molar-refractivity contribution in [3.63, 3.8) is 0 Å². The molecule has 0 aromatic carbocycles. The molecule has 0 bridgehead atoms. The first-order chi connectivity index (χ1) is 8.72. The summed E-state index contributed by atoms with van der Waals surface area (Å²) >= 11 is 0. The van der Waals surface area contributed by atoms with Gasteiger partial charge in [0.15, 0.2) is 0 Å². The van der Waals surface area contributed by atoms with Crippen molar-refractivity contribution in [2.75, 3.05) is 20.1 Å². The predicted molar refractivity (Wildman–Crippen MR) is 74.3 cm³/mol. The summed E-state index contributed by atoms with van der Waals surface area (Å²) in [5, 5.41) is 8.97. The van der Waals surface area contributed by atoms with E-state index in [2.05, 4.69) is 29.8 Å². The second kappa shape index (κ2) is 6.54. The van der Waals surface area contributed by atoms with Gasteiger partial charge in [-0.05, 0) is 26.8 Å². The molecule has 2 unspecified atom stereocenters. The molecule has 1 saturated heterocycles. The van der Waals surface area contributed by atoms with E-state index in [1.165, 1.54) is 45.1 Å². The summed E-state index contributed by atoms with van der Waals surface area (Å²) in [6.45, 7) is 4.58. The molecule has 1 saturated carbocycles. The van der Waals surface area contributed by atoms with Crippen molar-refractivity contribution >= 4 is 0 Å². The Bertz CT molecular complexity index is 289. The Kier molecular flexibility index (Phi) is 5.03. The Hall–Kier alpha value is -0.590. The van der Waals surface area contributed by atoms with E-state index in [4.69, 9.17) is 5.26 Å². The summed E-state index contributed by atoms with van der Waals surface area (Å²) in [5.74, 6) is 0. The third-order valence-corrected chi connectivity index (χ3v) is 4.88. The lowest BCUT2D eigenvalue weighted by Crippen LogP contribution is -2.58. The van der Waals surface area contributed by atoms with Crippen molar-refractivity contribution in [1.82, 2.24) is 9.80 Å². The highest BCUT2D eigenvalue weighted by atomic mass is 15.3. The van der Waals surface area contributed by atoms with Crippen molar-refractivity contribution in [2.24, 2.45) is 0 Å². The highest BCUT2D eigenvalue weighted by Gasteiger charge is 2.32. The van der Waals surface area contributed by atoms with E-state index in [0.29, 0.717) is 18.5 Å². The van der Waals surface area contributed by atoms with E-state index in [0.717, 1.165) is 12.6 Å². The Balaban J connectivity index is 1.97. The van der Waals surface area contributed by atoms with Gasteiger partial charge in [-0.1, -0.05) is 25.7 Å². The molecule has 2 aliphatic rings. The number of nitriles is 1. The van der Waals surface area contributed by atoms with Crippen LogP contribution < -0.4 is 0 Å². The average molecular weight is 249 g/mol. The SMILES string of the molecule is CC1CN(C2CCCCCC2)CC(CC#N)N1C. The van der Waals surface area contributed by atoms with Gasteiger partial charge in [-0.3, -0.25) is 9.80 Å². The molecule has 3 heteroatoms. The van der Waals surface area contributed by atoms with E-state index >= 15 is 0 Å². The zero-order valence-corrected chi connectivity index (χ0v) is 11.9. The highest BCUT2D eigenvalue weighted by molar-refractivity contribution is 4.93. The number of likely N-dealkylation sites (N-methyl/N-ethyl adjacent to an activating group) is 1. The first-order valence-corrected chi connectivity index (χ1v) is 7.55. The van der Waals surface area contributed by atoms with Gasteiger partial charge in [0.2, 0.25) is 0 Å². The molecule has 1 aliphatic carbocycles. The molecule has 2 atom stereocenters. The Morgan fingerprint density at radius 2 is 1.78 bits per heavy atom. The molecule has 0 amide bonds. The minimum atomic E-state index is 0.432. The third kappa shape index (κ3) is 3.24. The molecule has 0 spiro atoms. The Labute approximate surface area is 112 Å². The quantitative estimate of drug-likeness (QED) is 0.705. The van der Waals surface area contributed by atoms with Crippen LogP contribution in [0.5, 0.6) is 0 Å². The van der Waals surface area contributed by atoms with Crippen LogP contribution in [0, 0.1) is 11.3 Å². The van der Waals surface area contributed by atoms with E-state index in [1.54, 1.807) is 0 Å². The average Bonchev–Trinajstić information content (AvgIpc) is 2.63. The first-order valence-electron chi connectivity index (χ1n) is 7.55. The van der Waals surface area contributed by atoms with Crippen LogP contribution in [0.25, 0.3) is 0 Å². The fraction of sp³-hybridized carbons (Fsp3) is 0.933.